The summed E-state index contributed by atoms with van der Waals surface area (Å²) in [5.41, 5.74) is 2.51. The van der Waals surface area contributed by atoms with E-state index in [1.165, 1.54) is 18.3 Å². The minimum absolute atomic E-state index is 0.0484. The van der Waals surface area contributed by atoms with Crippen molar-refractivity contribution in [2.24, 2.45) is 0 Å². The fourth-order valence-corrected chi connectivity index (χ4v) is 3.52. The second-order valence-electron chi connectivity index (χ2n) is 6.43. The van der Waals surface area contributed by atoms with E-state index in [1.807, 2.05) is 23.1 Å². The summed E-state index contributed by atoms with van der Waals surface area (Å²) in [5, 5.41) is 6.88. The number of pyridine rings is 1. The zero-order valence-electron chi connectivity index (χ0n) is 14.2. The molecular weight excluding hydrogens is 331 g/mol. The lowest BCUT2D eigenvalue weighted by atomic mass is 9.97. The largest absolute Gasteiger partial charge is 0.330 e. The summed E-state index contributed by atoms with van der Waals surface area (Å²) in [6.07, 6.45) is 6.18. The third-order valence-electron chi connectivity index (χ3n) is 4.78. The number of piperidine rings is 1. The van der Waals surface area contributed by atoms with Gasteiger partial charge in [0.05, 0.1) is 29.2 Å². The maximum absolute atomic E-state index is 13.6. The van der Waals surface area contributed by atoms with Crippen molar-refractivity contribution in [3.05, 3.63) is 71.9 Å². The number of aromatic nitrogens is 3. The molecule has 1 aromatic carbocycles. The van der Waals surface area contributed by atoms with Crippen LogP contribution in [-0.2, 0) is 0 Å². The summed E-state index contributed by atoms with van der Waals surface area (Å²) in [7, 11) is 0. The number of aromatic amines is 1. The topological polar surface area (TPSA) is 61.9 Å². The molecule has 2 aromatic heterocycles. The minimum atomic E-state index is -0.347. The maximum Gasteiger partial charge on any atom is 0.258 e. The molecule has 132 valence electrons. The Morgan fingerprint density at radius 2 is 2.12 bits per heavy atom. The quantitative estimate of drug-likeness (QED) is 0.777. The smallest absolute Gasteiger partial charge is 0.258 e. The number of likely N-dealkylation sites (tertiary alicyclic amines) is 1. The molecule has 5 nitrogen and oxygen atoms in total. The number of nitrogens with zero attached hydrogens (tertiary/aromatic N) is 3. The van der Waals surface area contributed by atoms with E-state index < -0.39 is 0 Å². The molecule has 1 fully saturated rings. The predicted molar refractivity (Wildman–Crippen MR) is 95.8 cm³/mol. The summed E-state index contributed by atoms with van der Waals surface area (Å²) in [6.45, 7) is 0.674. The Labute approximate surface area is 150 Å². The first-order valence-electron chi connectivity index (χ1n) is 8.75. The van der Waals surface area contributed by atoms with Crippen LogP contribution >= 0.6 is 0 Å². The van der Waals surface area contributed by atoms with Crippen molar-refractivity contribution in [3.63, 3.8) is 0 Å². The third-order valence-corrected chi connectivity index (χ3v) is 4.78. The van der Waals surface area contributed by atoms with Gasteiger partial charge in [-0.05, 0) is 43.5 Å². The Hall–Kier alpha value is -3.02. The van der Waals surface area contributed by atoms with Gasteiger partial charge in [-0.1, -0.05) is 18.2 Å². The van der Waals surface area contributed by atoms with E-state index in [1.54, 1.807) is 18.3 Å². The van der Waals surface area contributed by atoms with Crippen molar-refractivity contribution < 1.29 is 9.18 Å². The van der Waals surface area contributed by atoms with Crippen molar-refractivity contribution in [1.82, 2.24) is 20.1 Å². The van der Waals surface area contributed by atoms with E-state index in [0.29, 0.717) is 23.4 Å². The molecule has 1 atom stereocenters. The van der Waals surface area contributed by atoms with E-state index in [-0.39, 0.29) is 17.8 Å². The van der Waals surface area contributed by atoms with Crippen molar-refractivity contribution >= 4 is 5.91 Å². The van der Waals surface area contributed by atoms with Crippen LogP contribution in [0, 0.1) is 5.82 Å². The number of nitrogens with one attached hydrogen (secondary N) is 1. The summed E-state index contributed by atoms with van der Waals surface area (Å²) >= 11 is 0. The highest BCUT2D eigenvalue weighted by molar-refractivity contribution is 6.00. The van der Waals surface area contributed by atoms with Crippen LogP contribution in [-0.4, -0.2) is 32.5 Å². The van der Waals surface area contributed by atoms with Gasteiger partial charge in [0, 0.05) is 18.3 Å². The van der Waals surface area contributed by atoms with Crippen LogP contribution in [0.15, 0.2) is 54.9 Å². The molecule has 0 aliphatic carbocycles. The van der Waals surface area contributed by atoms with Crippen LogP contribution in [0.3, 0.4) is 0 Å². The van der Waals surface area contributed by atoms with Gasteiger partial charge in [-0.2, -0.15) is 5.10 Å². The average Bonchev–Trinajstić information content (AvgIpc) is 3.18. The zero-order chi connectivity index (χ0) is 17.9. The van der Waals surface area contributed by atoms with Crippen LogP contribution < -0.4 is 0 Å². The fraction of sp³-hybridized carbons (Fsp3) is 0.250. The molecule has 0 saturated carbocycles. The molecule has 0 bridgehead atoms. The number of benzene rings is 1. The minimum Gasteiger partial charge on any atom is -0.330 e. The van der Waals surface area contributed by atoms with Gasteiger partial charge in [0.15, 0.2) is 0 Å². The highest BCUT2D eigenvalue weighted by Gasteiger charge is 2.31. The van der Waals surface area contributed by atoms with Crippen molar-refractivity contribution in [1.29, 1.82) is 0 Å². The van der Waals surface area contributed by atoms with Crippen molar-refractivity contribution in [3.8, 4) is 11.3 Å². The van der Waals surface area contributed by atoms with Crippen LogP contribution in [0.5, 0.6) is 0 Å². The molecule has 1 amide bonds. The molecule has 6 heteroatoms. The average molecular weight is 350 g/mol. The molecule has 0 spiro atoms. The molecule has 3 aromatic rings. The Kier molecular flexibility index (Phi) is 4.48. The lowest BCUT2D eigenvalue weighted by Crippen LogP contribution is -2.39. The lowest BCUT2D eigenvalue weighted by Gasteiger charge is -2.35. The van der Waals surface area contributed by atoms with E-state index in [0.717, 1.165) is 25.0 Å². The molecule has 3 heterocycles. The Morgan fingerprint density at radius 3 is 2.92 bits per heavy atom. The number of amides is 1. The Balaban J connectivity index is 1.68. The van der Waals surface area contributed by atoms with E-state index >= 15 is 0 Å². The number of H-pyrrole nitrogens is 1. The fourth-order valence-electron chi connectivity index (χ4n) is 3.52. The molecule has 1 aliphatic rings. The first kappa shape index (κ1) is 16.4. The summed E-state index contributed by atoms with van der Waals surface area (Å²) in [6, 6.07) is 11.9. The van der Waals surface area contributed by atoms with Gasteiger partial charge in [-0.3, -0.25) is 14.9 Å². The zero-order valence-corrected chi connectivity index (χ0v) is 14.2. The molecule has 0 radical (unpaired) electrons. The standard InChI is InChI=1S/C20H19FN4O/c21-15-7-5-6-14(12-15)19-16(13-23-24-19)20(26)25-11-4-2-9-18(25)17-8-1-3-10-22-17/h1,3,5-8,10,12-13,18H,2,4,9,11H2,(H,23,24)/t18-/m0/s1. The second-order valence-corrected chi connectivity index (χ2v) is 6.43. The van der Waals surface area contributed by atoms with Crippen LogP contribution in [0.4, 0.5) is 4.39 Å². The molecule has 0 unspecified atom stereocenters. The Bertz CT molecular complexity index is 909. The normalized spacial score (nSPS) is 17.3. The first-order valence-corrected chi connectivity index (χ1v) is 8.75. The van der Waals surface area contributed by atoms with Gasteiger partial charge in [0.2, 0.25) is 0 Å². The maximum atomic E-state index is 13.6. The monoisotopic (exact) mass is 350 g/mol. The van der Waals surface area contributed by atoms with Gasteiger partial charge in [0.25, 0.3) is 5.91 Å². The summed E-state index contributed by atoms with van der Waals surface area (Å²) in [5.74, 6) is -0.451. The van der Waals surface area contributed by atoms with E-state index in [4.69, 9.17) is 0 Å². The number of halogens is 1. The number of hydrogen-bond donors (Lipinski definition) is 1. The highest BCUT2D eigenvalue weighted by atomic mass is 19.1. The predicted octanol–water partition coefficient (Wildman–Crippen LogP) is 3.98. The number of carbonyl (C=O) groups excluding carboxylic acids is 1. The summed E-state index contributed by atoms with van der Waals surface area (Å²) < 4.78 is 13.6. The van der Waals surface area contributed by atoms with Crippen molar-refractivity contribution in [2.45, 2.75) is 25.3 Å². The van der Waals surface area contributed by atoms with Gasteiger partial charge in [0.1, 0.15) is 5.82 Å². The van der Waals surface area contributed by atoms with Crippen LogP contribution in [0.2, 0.25) is 0 Å². The SMILES string of the molecule is O=C(c1cn[nH]c1-c1cccc(F)c1)N1CCCC[C@H]1c1ccccn1. The second kappa shape index (κ2) is 7.07. The number of carbonyl (C=O) groups is 1. The molecule has 26 heavy (non-hydrogen) atoms. The van der Waals surface area contributed by atoms with Gasteiger partial charge >= 0.3 is 0 Å². The van der Waals surface area contributed by atoms with Crippen molar-refractivity contribution in [2.75, 3.05) is 6.54 Å². The Morgan fingerprint density at radius 1 is 1.19 bits per heavy atom. The highest BCUT2D eigenvalue weighted by Crippen LogP contribution is 2.32. The van der Waals surface area contributed by atoms with E-state index in [2.05, 4.69) is 15.2 Å². The van der Waals surface area contributed by atoms with Gasteiger partial charge in [-0.15, -0.1) is 0 Å². The summed E-state index contributed by atoms with van der Waals surface area (Å²) in [4.78, 5) is 19.6. The first-order chi connectivity index (χ1) is 12.7. The molecule has 1 aliphatic heterocycles. The van der Waals surface area contributed by atoms with Crippen LogP contribution in [0.25, 0.3) is 11.3 Å². The van der Waals surface area contributed by atoms with E-state index in [9.17, 15) is 9.18 Å². The third kappa shape index (κ3) is 3.10. The lowest BCUT2D eigenvalue weighted by molar-refractivity contribution is 0.0607. The molecule has 1 saturated heterocycles. The molecule has 4 rings (SSSR count). The van der Waals surface area contributed by atoms with Gasteiger partial charge < -0.3 is 4.90 Å². The molecule has 1 N–H and O–H groups in total. The van der Waals surface area contributed by atoms with Crippen LogP contribution in [0.1, 0.15) is 41.4 Å². The number of rotatable bonds is 3. The van der Waals surface area contributed by atoms with Gasteiger partial charge in [-0.25, -0.2) is 4.39 Å². The molecular formula is C20H19FN4O. The number of hydrogen-bond acceptors (Lipinski definition) is 3.